The van der Waals surface area contributed by atoms with E-state index in [-0.39, 0.29) is 29.8 Å². The van der Waals surface area contributed by atoms with Crippen molar-refractivity contribution in [3.8, 4) is 0 Å². The summed E-state index contributed by atoms with van der Waals surface area (Å²) in [6.07, 6.45) is 1.46. The molecular weight excluding hydrogens is 324 g/mol. The van der Waals surface area contributed by atoms with Crippen molar-refractivity contribution in [2.45, 2.75) is 6.54 Å². The third-order valence-electron chi connectivity index (χ3n) is 3.52. The van der Waals surface area contributed by atoms with Gasteiger partial charge >= 0.3 is 0 Å². The molecule has 1 aromatic heterocycles. The highest BCUT2D eigenvalue weighted by molar-refractivity contribution is 5.92. The molecule has 2 aromatic carbocycles. The van der Waals surface area contributed by atoms with Gasteiger partial charge in [-0.15, -0.1) is 0 Å². The summed E-state index contributed by atoms with van der Waals surface area (Å²) in [5.41, 5.74) is 1.92. The summed E-state index contributed by atoms with van der Waals surface area (Å²) in [6.45, 7) is 0.274. The van der Waals surface area contributed by atoms with Gasteiger partial charge in [0.25, 0.3) is 5.91 Å². The Bertz CT molecular complexity index is 865. The summed E-state index contributed by atoms with van der Waals surface area (Å²) in [7, 11) is 0. The molecule has 0 bridgehead atoms. The highest BCUT2D eigenvalue weighted by Crippen LogP contribution is 2.18. The Kier molecular flexibility index (Phi) is 4.99. The minimum atomic E-state index is -0.372. The van der Waals surface area contributed by atoms with Crippen molar-refractivity contribution >= 4 is 17.3 Å². The van der Waals surface area contributed by atoms with Crippen LogP contribution in [0.25, 0.3) is 0 Å². The number of nitrogens with one attached hydrogen (secondary N) is 2. The topological polar surface area (TPSA) is 54.0 Å². The molecule has 1 heterocycles. The predicted molar refractivity (Wildman–Crippen MR) is 91.5 cm³/mol. The van der Waals surface area contributed by atoms with Gasteiger partial charge in [-0.05, 0) is 42.0 Å². The first-order valence-corrected chi connectivity index (χ1v) is 7.62. The van der Waals surface area contributed by atoms with Crippen LogP contribution in [-0.2, 0) is 6.54 Å². The number of hydrogen-bond donors (Lipinski definition) is 2. The second kappa shape index (κ2) is 7.53. The van der Waals surface area contributed by atoms with Crippen molar-refractivity contribution in [2.75, 3.05) is 5.32 Å². The molecule has 3 rings (SSSR count). The van der Waals surface area contributed by atoms with Gasteiger partial charge < -0.3 is 10.6 Å². The monoisotopic (exact) mass is 339 g/mol. The summed E-state index contributed by atoms with van der Waals surface area (Å²) in [4.78, 5) is 16.2. The van der Waals surface area contributed by atoms with E-state index in [4.69, 9.17) is 0 Å². The Balaban J connectivity index is 1.60. The van der Waals surface area contributed by atoms with Crippen LogP contribution in [-0.4, -0.2) is 10.9 Å². The van der Waals surface area contributed by atoms with Crippen LogP contribution in [0, 0.1) is 11.6 Å². The van der Waals surface area contributed by atoms with Crippen LogP contribution in [0.4, 0.5) is 20.2 Å². The molecule has 0 saturated carbocycles. The van der Waals surface area contributed by atoms with Crippen molar-refractivity contribution in [1.82, 2.24) is 10.3 Å². The summed E-state index contributed by atoms with van der Waals surface area (Å²) >= 11 is 0. The molecule has 3 aromatic rings. The summed E-state index contributed by atoms with van der Waals surface area (Å²) in [5, 5.41) is 5.61. The van der Waals surface area contributed by atoms with Gasteiger partial charge in [0.2, 0.25) is 0 Å². The Labute approximate surface area is 143 Å². The first-order valence-electron chi connectivity index (χ1n) is 7.62. The van der Waals surface area contributed by atoms with Crippen LogP contribution < -0.4 is 10.6 Å². The van der Waals surface area contributed by atoms with E-state index in [0.717, 1.165) is 5.56 Å². The number of aromatic nitrogens is 1. The number of nitrogens with zero attached hydrogens (tertiary/aromatic N) is 1. The van der Waals surface area contributed by atoms with Crippen molar-refractivity contribution < 1.29 is 13.6 Å². The van der Waals surface area contributed by atoms with Crippen molar-refractivity contribution in [1.29, 1.82) is 0 Å². The molecule has 0 radical (unpaired) electrons. The quantitative estimate of drug-likeness (QED) is 0.738. The molecule has 0 aliphatic heterocycles. The fourth-order valence-corrected chi connectivity index (χ4v) is 2.20. The molecule has 0 aliphatic rings. The van der Waals surface area contributed by atoms with E-state index in [1.807, 2.05) is 0 Å². The summed E-state index contributed by atoms with van der Waals surface area (Å²) in [6, 6.07) is 15.4. The lowest BCUT2D eigenvalue weighted by molar-refractivity contribution is 0.0946. The Hall–Kier alpha value is -3.28. The summed E-state index contributed by atoms with van der Waals surface area (Å²) < 4.78 is 26.4. The Morgan fingerprint density at radius 2 is 1.72 bits per heavy atom. The maximum absolute atomic E-state index is 13.6. The van der Waals surface area contributed by atoms with E-state index in [1.165, 1.54) is 24.4 Å². The van der Waals surface area contributed by atoms with Gasteiger partial charge in [0, 0.05) is 6.54 Å². The molecule has 0 fully saturated rings. The van der Waals surface area contributed by atoms with Gasteiger partial charge in [0.15, 0.2) is 0 Å². The number of pyridine rings is 1. The highest BCUT2D eigenvalue weighted by atomic mass is 19.1. The average Bonchev–Trinajstić information content (AvgIpc) is 2.63. The number of carbonyl (C=O) groups is 1. The zero-order valence-corrected chi connectivity index (χ0v) is 13.2. The van der Waals surface area contributed by atoms with Crippen molar-refractivity contribution in [3.05, 3.63) is 89.8 Å². The fraction of sp³-hybridized carbons (Fsp3) is 0.0526. The standard InChI is InChI=1S/C19H15F2N3O/c20-14-7-5-13(6-8-14)11-23-19(25)18-10-9-15(12-22-18)24-17-4-2-1-3-16(17)21/h1-10,12,24H,11H2,(H,23,25). The van der Waals surface area contributed by atoms with Gasteiger partial charge in [-0.1, -0.05) is 24.3 Å². The maximum Gasteiger partial charge on any atom is 0.270 e. The Morgan fingerprint density at radius 3 is 2.40 bits per heavy atom. The van der Waals surface area contributed by atoms with Gasteiger partial charge in [0.1, 0.15) is 17.3 Å². The number of anilines is 2. The fourth-order valence-electron chi connectivity index (χ4n) is 2.20. The van der Waals surface area contributed by atoms with E-state index in [9.17, 15) is 13.6 Å². The highest BCUT2D eigenvalue weighted by Gasteiger charge is 2.08. The molecular formula is C19H15F2N3O. The first kappa shape index (κ1) is 16.6. The third-order valence-corrected chi connectivity index (χ3v) is 3.52. The van der Waals surface area contributed by atoms with Crippen LogP contribution in [0.5, 0.6) is 0 Å². The predicted octanol–water partition coefficient (Wildman–Crippen LogP) is 4.03. The molecule has 1 amide bonds. The SMILES string of the molecule is O=C(NCc1ccc(F)cc1)c1ccc(Nc2ccccc2F)cn1. The number of benzene rings is 2. The Morgan fingerprint density at radius 1 is 0.960 bits per heavy atom. The summed E-state index contributed by atoms with van der Waals surface area (Å²) in [5.74, 6) is -1.04. The molecule has 25 heavy (non-hydrogen) atoms. The minimum absolute atomic E-state index is 0.237. The molecule has 0 atom stereocenters. The van der Waals surface area contributed by atoms with Gasteiger partial charge in [-0.2, -0.15) is 0 Å². The largest absolute Gasteiger partial charge is 0.352 e. The smallest absolute Gasteiger partial charge is 0.270 e. The van der Waals surface area contributed by atoms with E-state index in [1.54, 1.807) is 42.5 Å². The molecule has 4 nitrogen and oxygen atoms in total. The number of hydrogen-bond acceptors (Lipinski definition) is 3. The first-order chi connectivity index (χ1) is 12.1. The van der Waals surface area contributed by atoms with Crippen LogP contribution in [0.3, 0.4) is 0 Å². The number of carbonyl (C=O) groups excluding carboxylic acids is 1. The lowest BCUT2D eigenvalue weighted by atomic mass is 10.2. The van der Waals surface area contributed by atoms with Gasteiger partial charge in [0.05, 0.1) is 17.6 Å². The second-order valence-corrected chi connectivity index (χ2v) is 5.35. The van der Waals surface area contributed by atoms with Crippen LogP contribution in [0.15, 0.2) is 66.9 Å². The normalized spacial score (nSPS) is 10.3. The molecule has 0 aliphatic carbocycles. The number of rotatable bonds is 5. The number of amides is 1. The van der Waals surface area contributed by atoms with Gasteiger partial charge in [-0.3, -0.25) is 4.79 Å². The van der Waals surface area contributed by atoms with E-state index in [0.29, 0.717) is 11.4 Å². The van der Waals surface area contributed by atoms with E-state index >= 15 is 0 Å². The van der Waals surface area contributed by atoms with Crippen LogP contribution in [0.2, 0.25) is 0 Å². The number of halogens is 2. The van der Waals surface area contributed by atoms with Crippen molar-refractivity contribution in [3.63, 3.8) is 0 Å². The molecule has 0 unspecified atom stereocenters. The van der Waals surface area contributed by atoms with E-state index < -0.39 is 0 Å². The third kappa shape index (κ3) is 4.38. The zero-order valence-electron chi connectivity index (χ0n) is 13.2. The van der Waals surface area contributed by atoms with Crippen molar-refractivity contribution in [2.24, 2.45) is 0 Å². The van der Waals surface area contributed by atoms with Crippen LogP contribution in [0.1, 0.15) is 16.1 Å². The average molecular weight is 339 g/mol. The number of para-hydroxylation sites is 1. The lowest BCUT2D eigenvalue weighted by Gasteiger charge is -2.08. The molecule has 0 spiro atoms. The molecule has 6 heteroatoms. The molecule has 126 valence electrons. The maximum atomic E-state index is 13.6. The van der Waals surface area contributed by atoms with E-state index in [2.05, 4.69) is 15.6 Å². The molecule has 2 N–H and O–H groups in total. The van der Waals surface area contributed by atoms with Crippen LogP contribution >= 0.6 is 0 Å². The lowest BCUT2D eigenvalue weighted by Crippen LogP contribution is -2.23. The second-order valence-electron chi connectivity index (χ2n) is 5.35. The van der Waals surface area contributed by atoms with Gasteiger partial charge in [-0.25, -0.2) is 13.8 Å². The zero-order chi connectivity index (χ0) is 17.6. The molecule has 0 saturated heterocycles. The minimum Gasteiger partial charge on any atom is -0.352 e.